The average Bonchev–Trinajstić information content (AvgIpc) is 3.26. The van der Waals surface area contributed by atoms with Gasteiger partial charge in [-0.05, 0) is 42.8 Å². The third-order valence-electron chi connectivity index (χ3n) is 5.32. The van der Waals surface area contributed by atoms with Crippen LogP contribution in [0.25, 0.3) is 32.6 Å². The van der Waals surface area contributed by atoms with Crippen LogP contribution in [0.1, 0.15) is 16.1 Å². The molecule has 10 heteroatoms. The van der Waals surface area contributed by atoms with E-state index in [4.69, 9.17) is 11.6 Å². The quantitative estimate of drug-likeness (QED) is 0.254. The first-order valence-corrected chi connectivity index (χ1v) is 11.9. The summed E-state index contributed by atoms with van der Waals surface area (Å²) in [5, 5.41) is 3.78. The zero-order chi connectivity index (χ0) is 25.2. The van der Waals surface area contributed by atoms with Crippen LogP contribution in [-0.4, -0.2) is 27.5 Å². The number of fused-ring (bicyclic) bond motifs is 1. The molecule has 0 fully saturated rings. The summed E-state index contributed by atoms with van der Waals surface area (Å²) in [6.45, 7) is -1.25. The van der Waals surface area contributed by atoms with Crippen LogP contribution in [0.4, 0.5) is 13.9 Å². The van der Waals surface area contributed by atoms with Gasteiger partial charge in [0.2, 0.25) is 0 Å². The number of para-hydroxylation sites is 1. The zero-order valence-electron chi connectivity index (χ0n) is 18.7. The fraction of sp³-hybridized carbons (Fsp3) is 0.0769. The summed E-state index contributed by atoms with van der Waals surface area (Å²) in [7, 11) is 0. The summed E-state index contributed by atoms with van der Waals surface area (Å²) >= 11 is 7.25. The Hall–Kier alpha value is -3.95. The summed E-state index contributed by atoms with van der Waals surface area (Å²) < 4.78 is 31.4. The molecule has 0 saturated carbocycles. The number of aromatic nitrogens is 3. The van der Waals surface area contributed by atoms with Crippen LogP contribution >= 0.6 is 22.9 Å². The monoisotopic (exact) mass is 522 g/mol. The van der Waals surface area contributed by atoms with Crippen molar-refractivity contribution in [1.29, 1.82) is 0 Å². The van der Waals surface area contributed by atoms with Gasteiger partial charge in [-0.25, -0.2) is 4.98 Å². The summed E-state index contributed by atoms with van der Waals surface area (Å²) in [4.78, 5) is 26.3. The molecule has 36 heavy (non-hydrogen) atoms. The van der Waals surface area contributed by atoms with E-state index in [1.165, 1.54) is 23.6 Å². The number of hydrogen-bond donors (Lipinski definition) is 1. The molecule has 0 saturated heterocycles. The number of hydrogen-bond acceptors (Lipinski definition) is 6. The van der Waals surface area contributed by atoms with Gasteiger partial charge in [-0.1, -0.05) is 53.3 Å². The molecule has 0 spiro atoms. The van der Waals surface area contributed by atoms with Gasteiger partial charge in [0, 0.05) is 39.8 Å². The molecule has 5 aromatic rings. The van der Waals surface area contributed by atoms with Gasteiger partial charge in [0.25, 0.3) is 5.91 Å². The first kappa shape index (κ1) is 23.8. The number of ether oxygens (including phenoxy) is 1. The van der Waals surface area contributed by atoms with Gasteiger partial charge in [-0.3, -0.25) is 15.1 Å². The number of carbonyl (C=O) groups is 1. The first-order valence-electron chi connectivity index (χ1n) is 10.7. The predicted molar refractivity (Wildman–Crippen MR) is 137 cm³/mol. The van der Waals surface area contributed by atoms with Crippen molar-refractivity contribution in [2.24, 2.45) is 0 Å². The lowest BCUT2D eigenvalue weighted by Crippen LogP contribution is -2.14. The van der Waals surface area contributed by atoms with Gasteiger partial charge in [-0.2, -0.15) is 13.8 Å². The van der Waals surface area contributed by atoms with Crippen LogP contribution in [-0.2, 0) is 0 Å². The molecule has 0 bridgehead atoms. The van der Waals surface area contributed by atoms with Gasteiger partial charge in [0.1, 0.15) is 5.75 Å². The topological polar surface area (TPSA) is 77.0 Å². The Labute approximate surface area is 213 Å². The SMILES string of the molecule is Cc1cc(-c2ccccc2OC(F)F)c(C(=O)Nc2nc3ncc(-c4ccc(Cl)cc4)cc3s2)cn1. The molecule has 0 radical (unpaired) electrons. The van der Waals surface area contributed by atoms with Gasteiger partial charge in [0.15, 0.2) is 10.8 Å². The minimum Gasteiger partial charge on any atom is -0.434 e. The fourth-order valence-electron chi connectivity index (χ4n) is 3.69. The number of carbonyl (C=O) groups excluding carboxylic acids is 1. The normalized spacial score (nSPS) is 11.1. The highest BCUT2D eigenvalue weighted by atomic mass is 35.5. The molecule has 0 aliphatic heterocycles. The smallest absolute Gasteiger partial charge is 0.387 e. The number of thiazole rings is 1. The van der Waals surface area contributed by atoms with E-state index in [0.29, 0.717) is 32.6 Å². The lowest BCUT2D eigenvalue weighted by Gasteiger charge is -2.14. The largest absolute Gasteiger partial charge is 0.434 e. The molecule has 180 valence electrons. The van der Waals surface area contributed by atoms with Crippen molar-refractivity contribution in [3.8, 4) is 28.0 Å². The number of anilines is 1. The number of alkyl halides is 2. The number of halogens is 3. The third-order valence-corrected chi connectivity index (χ3v) is 6.48. The molecule has 0 atom stereocenters. The summed E-state index contributed by atoms with van der Waals surface area (Å²) in [5.74, 6) is -0.521. The highest BCUT2D eigenvalue weighted by Crippen LogP contribution is 2.35. The van der Waals surface area contributed by atoms with Crippen LogP contribution < -0.4 is 10.1 Å². The van der Waals surface area contributed by atoms with Crippen molar-refractivity contribution < 1.29 is 18.3 Å². The minimum absolute atomic E-state index is 0.0361. The highest BCUT2D eigenvalue weighted by molar-refractivity contribution is 7.22. The first-order chi connectivity index (χ1) is 17.4. The van der Waals surface area contributed by atoms with Gasteiger partial charge in [0.05, 0.1) is 10.3 Å². The Balaban J connectivity index is 1.46. The molecule has 0 aliphatic carbocycles. The van der Waals surface area contributed by atoms with Crippen LogP contribution in [0.5, 0.6) is 5.75 Å². The molecule has 1 amide bonds. The lowest BCUT2D eigenvalue weighted by molar-refractivity contribution is -0.0494. The van der Waals surface area contributed by atoms with Crippen molar-refractivity contribution in [3.63, 3.8) is 0 Å². The fourth-order valence-corrected chi connectivity index (χ4v) is 4.67. The zero-order valence-corrected chi connectivity index (χ0v) is 20.3. The van der Waals surface area contributed by atoms with Crippen molar-refractivity contribution in [2.45, 2.75) is 13.5 Å². The summed E-state index contributed by atoms with van der Waals surface area (Å²) in [6, 6.07) is 17.3. The summed E-state index contributed by atoms with van der Waals surface area (Å²) in [6.07, 6.45) is 3.11. The van der Waals surface area contributed by atoms with Crippen molar-refractivity contribution in [1.82, 2.24) is 15.0 Å². The second kappa shape index (κ2) is 9.96. The molecule has 0 unspecified atom stereocenters. The number of nitrogens with zero attached hydrogens (tertiary/aromatic N) is 3. The molecule has 5 rings (SSSR count). The van der Waals surface area contributed by atoms with E-state index >= 15 is 0 Å². The van der Waals surface area contributed by atoms with Crippen molar-refractivity contribution in [3.05, 3.63) is 89.3 Å². The van der Waals surface area contributed by atoms with Gasteiger partial charge in [-0.15, -0.1) is 0 Å². The Morgan fingerprint density at radius 2 is 1.78 bits per heavy atom. The molecule has 0 aliphatic rings. The van der Waals surface area contributed by atoms with E-state index in [1.54, 1.807) is 49.5 Å². The standard InChI is InChI=1S/C26H17ClF2N4O2S/c1-14-10-19(18-4-2-3-5-21(18)35-25(28)29)20(13-30-14)24(34)33-26-32-23-22(36-26)11-16(12-31-23)15-6-8-17(27)9-7-15/h2-13,25H,1H3,(H,31,32,33,34). The predicted octanol–water partition coefficient (Wildman–Crippen LogP) is 7.24. The third kappa shape index (κ3) is 5.02. The van der Waals surface area contributed by atoms with E-state index in [9.17, 15) is 13.6 Å². The lowest BCUT2D eigenvalue weighted by atomic mass is 9.99. The Morgan fingerprint density at radius 3 is 2.56 bits per heavy atom. The Bertz CT molecular complexity index is 1570. The van der Waals surface area contributed by atoms with Crippen LogP contribution in [0, 0.1) is 6.92 Å². The molecular formula is C26H17ClF2N4O2S. The minimum atomic E-state index is -3.00. The number of aryl methyl sites for hydroxylation is 1. The van der Waals surface area contributed by atoms with E-state index < -0.39 is 12.5 Å². The second-order valence-corrected chi connectivity index (χ2v) is 9.24. The molecule has 2 aromatic carbocycles. The van der Waals surface area contributed by atoms with E-state index in [0.717, 1.165) is 15.8 Å². The second-order valence-electron chi connectivity index (χ2n) is 7.77. The highest BCUT2D eigenvalue weighted by Gasteiger charge is 2.20. The number of benzene rings is 2. The maximum absolute atomic E-state index is 13.2. The van der Waals surface area contributed by atoms with Crippen LogP contribution in [0.3, 0.4) is 0 Å². The van der Waals surface area contributed by atoms with Crippen molar-refractivity contribution in [2.75, 3.05) is 5.32 Å². The average molecular weight is 523 g/mol. The summed E-state index contributed by atoms with van der Waals surface area (Å²) in [5.41, 5.74) is 3.92. The van der Waals surface area contributed by atoms with E-state index in [1.807, 2.05) is 18.2 Å². The number of nitrogens with one attached hydrogen (secondary N) is 1. The number of rotatable bonds is 6. The van der Waals surface area contributed by atoms with Gasteiger partial charge < -0.3 is 4.74 Å². The number of amides is 1. The molecule has 6 nitrogen and oxygen atoms in total. The molecule has 3 heterocycles. The van der Waals surface area contributed by atoms with E-state index in [2.05, 4.69) is 25.0 Å². The maximum atomic E-state index is 13.2. The maximum Gasteiger partial charge on any atom is 0.387 e. The van der Waals surface area contributed by atoms with E-state index in [-0.39, 0.29) is 11.3 Å². The van der Waals surface area contributed by atoms with Gasteiger partial charge >= 0.3 is 6.61 Å². The van der Waals surface area contributed by atoms with Crippen molar-refractivity contribution >= 4 is 44.3 Å². The number of pyridine rings is 2. The van der Waals surface area contributed by atoms with Crippen LogP contribution in [0.2, 0.25) is 5.02 Å². The van der Waals surface area contributed by atoms with Crippen LogP contribution in [0.15, 0.2) is 73.1 Å². The Kier molecular flexibility index (Phi) is 6.58. The Morgan fingerprint density at radius 1 is 1.00 bits per heavy atom. The molecule has 1 N–H and O–H groups in total. The molecule has 3 aromatic heterocycles. The molecular weight excluding hydrogens is 506 g/mol.